The molecular weight excluding hydrogens is 416 g/mol. The second-order valence-electron chi connectivity index (χ2n) is 10.5. The SMILES string of the molecule is CC(C)(C)c1cccc(-c2ccc3c(c2)SCCC3NC(=O)O[C@@H]2CN3CCC2CC3)c1. The van der Waals surface area contributed by atoms with Gasteiger partial charge in [-0.15, -0.1) is 11.8 Å². The van der Waals surface area contributed by atoms with Gasteiger partial charge < -0.3 is 10.1 Å². The average Bonchev–Trinajstić information content (AvgIpc) is 2.79. The van der Waals surface area contributed by atoms with Crippen LogP contribution in [0.5, 0.6) is 0 Å². The molecule has 5 heteroatoms. The number of fused-ring (bicyclic) bond motifs is 4. The summed E-state index contributed by atoms with van der Waals surface area (Å²) in [5, 5.41) is 3.18. The Morgan fingerprint density at radius 3 is 2.56 bits per heavy atom. The van der Waals surface area contributed by atoms with Gasteiger partial charge in [0.15, 0.2) is 0 Å². The first-order valence-corrected chi connectivity index (χ1v) is 12.9. The average molecular weight is 451 g/mol. The summed E-state index contributed by atoms with van der Waals surface area (Å²) in [6.07, 6.45) is 3.03. The second kappa shape index (κ2) is 8.75. The van der Waals surface area contributed by atoms with E-state index in [2.05, 4.69) is 73.5 Å². The molecule has 0 aromatic heterocycles. The van der Waals surface area contributed by atoms with Crippen molar-refractivity contribution in [1.82, 2.24) is 10.2 Å². The lowest BCUT2D eigenvalue weighted by Gasteiger charge is -2.44. The minimum Gasteiger partial charge on any atom is -0.445 e. The summed E-state index contributed by atoms with van der Waals surface area (Å²) in [6.45, 7) is 9.95. The summed E-state index contributed by atoms with van der Waals surface area (Å²) in [7, 11) is 0. The lowest BCUT2D eigenvalue weighted by molar-refractivity contribution is -0.0339. The highest BCUT2D eigenvalue weighted by Crippen LogP contribution is 2.39. The van der Waals surface area contributed by atoms with E-state index in [4.69, 9.17) is 4.74 Å². The normalized spacial score (nSPS) is 27.0. The fourth-order valence-corrected chi connectivity index (χ4v) is 6.40. The molecule has 32 heavy (non-hydrogen) atoms. The van der Waals surface area contributed by atoms with Gasteiger partial charge in [0.1, 0.15) is 6.10 Å². The fourth-order valence-electron chi connectivity index (χ4n) is 5.24. The van der Waals surface area contributed by atoms with Gasteiger partial charge in [0.2, 0.25) is 0 Å². The topological polar surface area (TPSA) is 41.6 Å². The largest absolute Gasteiger partial charge is 0.445 e. The fraction of sp³-hybridized carbons (Fsp3) is 0.519. The molecule has 6 rings (SSSR count). The molecule has 0 aliphatic carbocycles. The van der Waals surface area contributed by atoms with Gasteiger partial charge in [-0.1, -0.05) is 57.2 Å². The third-order valence-electron chi connectivity index (χ3n) is 7.26. The number of ether oxygens (including phenoxy) is 1. The molecule has 0 spiro atoms. The van der Waals surface area contributed by atoms with Gasteiger partial charge in [0.25, 0.3) is 0 Å². The lowest BCUT2D eigenvalue weighted by atomic mass is 9.85. The summed E-state index contributed by atoms with van der Waals surface area (Å²) >= 11 is 1.88. The van der Waals surface area contributed by atoms with Crippen LogP contribution >= 0.6 is 11.8 Å². The number of nitrogens with one attached hydrogen (secondary N) is 1. The number of alkyl carbamates (subject to hydrolysis) is 1. The van der Waals surface area contributed by atoms with Gasteiger partial charge in [0, 0.05) is 17.2 Å². The maximum Gasteiger partial charge on any atom is 0.407 e. The first kappa shape index (κ1) is 21.8. The van der Waals surface area contributed by atoms with Crippen LogP contribution in [-0.2, 0) is 10.2 Å². The van der Waals surface area contributed by atoms with Crippen LogP contribution in [0.2, 0.25) is 0 Å². The number of carbonyl (C=O) groups is 1. The molecule has 2 aromatic rings. The van der Waals surface area contributed by atoms with Gasteiger partial charge >= 0.3 is 6.09 Å². The molecule has 3 fully saturated rings. The van der Waals surface area contributed by atoms with Crippen molar-refractivity contribution in [3.05, 3.63) is 53.6 Å². The number of piperidine rings is 3. The van der Waals surface area contributed by atoms with E-state index in [0.717, 1.165) is 44.6 Å². The number of thioether (sulfide) groups is 1. The summed E-state index contributed by atoms with van der Waals surface area (Å²) in [4.78, 5) is 16.4. The smallest absolute Gasteiger partial charge is 0.407 e. The standard InChI is InChI=1S/C27H34N2O2S/c1-27(2,3)21-6-4-5-19(15-21)20-7-8-22-23(11-14-32-25(22)16-20)28-26(30)31-24-17-29-12-9-18(24)10-13-29/h4-8,15-16,18,23-24H,9-14,17H2,1-3H3,(H,28,30)/t23?,24-/m1/s1. The number of nitrogens with zero attached hydrogens (tertiary/aromatic N) is 1. The van der Waals surface area contributed by atoms with E-state index in [1.165, 1.54) is 27.1 Å². The molecule has 2 aromatic carbocycles. The van der Waals surface area contributed by atoms with Crippen LogP contribution in [0, 0.1) is 5.92 Å². The Morgan fingerprint density at radius 1 is 1.06 bits per heavy atom. The van der Waals surface area contributed by atoms with Crippen LogP contribution in [0.15, 0.2) is 47.4 Å². The van der Waals surface area contributed by atoms with Gasteiger partial charge in [-0.2, -0.15) is 0 Å². The summed E-state index contributed by atoms with van der Waals surface area (Å²) < 4.78 is 5.88. The molecule has 1 N–H and O–H groups in total. The van der Waals surface area contributed by atoms with Crippen molar-refractivity contribution in [2.45, 2.75) is 62.5 Å². The minimum absolute atomic E-state index is 0.0230. The van der Waals surface area contributed by atoms with Gasteiger partial charge in [-0.3, -0.25) is 4.90 Å². The molecule has 4 aliphatic heterocycles. The van der Waals surface area contributed by atoms with E-state index < -0.39 is 0 Å². The van der Waals surface area contributed by atoms with Crippen molar-refractivity contribution >= 4 is 17.9 Å². The molecule has 4 aliphatic rings. The first-order valence-electron chi connectivity index (χ1n) is 11.9. The quantitative estimate of drug-likeness (QED) is 0.622. The Bertz CT molecular complexity index is 991. The van der Waals surface area contributed by atoms with Crippen LogP contribution in [0.25, 0.3) is 11.1 Å². The molecule has 4 heterocycles. The Labute approximate surface area is 196 Å². The number of hydrogen-bond donors (Lipinski definition) is 1. The predicted molar refractivity (Wildman–Crippen MR) is 131 cm³/mol. The highest BCUT2D eigenvalue weighted by molar-refractivity contribution is 7.99. The maximum absolute atomic E-state index is 12.7. The molecule has 2 bridgehead atoms. The Hall–Kier alpha value is -1.98. The summed E-state index contributed by atoms with van der Waals surface area (Å²) in [6, 6.07) is 15.5. The molecule has 170 valence electrons. The van der Waals surface area contributed by atoms with Crippen molar-refractivity contribution in [3.63, 3.8) is 0 Å². The Kier molecular flexibility index (Phi) is 5.98. The molecular formula is C27H34N2O2S. The molecule has 1 amide bonds. The lowest BCUT2D eigenvalue weighted by Crippen LogP contribution is -2.52. The number of amides is 1. The number of benzene rings is 2. The van der Waals surface area contributed by atoms with E-state index in [1.54, 1.807) is 0 Å². The van der Waals surface area contributed by atoms with E-state index >= 15 is 0 Å². The van der Waals surface area contributed by atoms with Crippen molar-refractivity contribution in [1.29, 1.82) is 0 Å². The molecule has 1 unspecified atom stereocenters. The second-order valence-corrected chi connectivity index (χ2v) is 11.6. The number of rotatable bonds is 3. The summed E-state index contributed by atoms with van der Waals surface area (Å²) in [5.74, 6) is 1.54. The molecule has 3 saturated heterocycles. The third kappa shape index (κ3) is 4.55. The van der Waals surface area contributed by atoms with Gasteiger partial charge in [-0.25, -0.2) is 4.79 Å². The third-order valence-corrected chi connectivity index (χ3v) is 8.37. The molecule has 2 atom stereocenters. The molecule has 0 saturated carbocycles. The van der Waals surface area contributed by atoms with Crippen LogP contribution in [0.4, 0.5) is 4.79 Å². The van der Waals surface area contributed by atoms with Crippen molar-refractivity contribution < 1.29 is 9.53 Å². The minimum atomic E-state index is -0.256. The van der Waals surface area contributed by atoms with Crippen molar-refractivity contribution in [2.24, 2.45) is 5.92 Å². The van der Waals surface area contributed by atoms with Crippen molar-refractivity contribution in [2.75, 3.05) is 25.4 Å². The van der Waals surface area contributed by atoms with Gasteiger partial charge in [-0.05, 0) is 72.0 Å². The molecule has 0 radical (unpaired) electrons. The Balaban J connectivity index is 1.30. The van der Waals surface area contributed by atoms with Crippen molar-refractivity contribution in [3.8, 4) is 11.1 Å². The Morgan fingerprint density at radius 2 is 1.84 bits per heavy atom. The van der Waals surface area contributed by atoms with E-state index in [-0.39, 0.29) is 23.7 Å². The first-order chi connectivity index (χ1) is 15.4. The number of carbonyl (C=O) groups excluding carboxylic acids is 1. The number of hydrogen-bond acceptors (Lipinski definition) is 4. The predicted octanol–water partition coefficient (Wildman–Crippen LogP) is 6.01. The van der Waals surface area contributed by atoms with E-state index in [9.17, 15) is 4.79 Å². The van der Waals surface area contributed by atoms with E-state index in [1.807, 2.05) is 11.8 Å². The molecule has 4 nitrogen and oxygen atoms in total. The van der Waals surface area contributed by atoms with Crippen LogP contribution < -0.4 is 5.32 Å². The summed E-state index contributed by atoms with van der Waals surface area (Å²) in [5.41, 5.74) is 5.16. The zero-order chi connectivity index (χ0) is 22.3. The zero-order valence-corrected chi connectivity index (χ0v) is 20.2. The highest BCUT2D eigenvalue weighted by atomic mass is 32.2. The van der Waals surface area contributed by atoms with Gasteiger partial charge in [0.05, 0.1) is 6.04 Å². The van der Waals surface area contributed by atoms with Crippen LogP contribution in [0.3, 0.4) is 0 Å². The van der Waals surface area contributed by atoms with Crippen LogP contribution in [-0.4, -0.2) is 42.5 Å². The van der Waals surface area contributed by atoms with Crippen LogP contribution in [0.1, 0.15) is 57.2 Å². The monoisotopic (exact) mass is 450 g/mol. The maximum atomic E-state index is 12.7. The highest BCUT2D eigenvalue weighted by Gasteiger charge is 2.37. The van der Waals surface area contributed by atoms with E-state index in [0.29, 0.717) is 5.92 Å². The zero-order valence-electron chi connectivity index (χ0n) is 19.4.